The molecule has 2 heterocycles. The molecule has 2 fully saturated rings. The van der Waals surface area contributed by atoms with Crippen LogP contribution in [-0.2, 0) is 26.0 Å². The van der Waals surface area contributed by atoms with E-state index in [0.717, 1.165) is 11.1 Å². The summed E-state index contributed by atoms with van der Waals surface area (Å²) < 4.78 is 23.0. The van der Waals surface area contributed by atoms with Crippen LogP contribution in [0.1, 0.15) is 30.4 Å². The van der Waals surface area contributed by atoms with Gasteiger partial charge in [0.1, 0.15) is 9.84 Å². The predicted octanol–water partition coefficient (Wildman–Crippen LogP) is 0.379. The molecule has 0 spiro atoms. The molecule has 0 aromatic heterocycles. The highest BCUT2D eigenvalue weighted by Crippen LogP contribution is 2.16. The summed E-state index contributed by atoms with van der Waals surface area (Å²) in [5.74, 6) is -0.103. The van der Waals surface area contributed by atoms with Gasteiger partial charge in [-0.2, -0.15) is 0 Å². The van der Waals surface area contributed by atoms with Gasteiger partial charge in [0.05, 0.1) is 24.0 Å². The van der Waals surface area contributed by atoms with E-state index in [1.807, 2.05) is 30.0 Å². The van der Waals surface area contributed by atoms with E-state index in [-0.39, 0.29) is 35.8 Å². The molecule has 0 radical (unpaired) electrons. The van der Waals surface area contributed by atoms with E-state index in [1.54, 1.807) is 0 Å². The van der Waals surface area contributed by atoms with E-state index in [0.29, 0.717) is 32.5 Å². The van der Waals surface area contributed by atoms with Crippen molar-refractivity contribution in [2.45, 2.75) is 44.8 Å². The summed E-state index contributed by atoms with van der Waals surface area (Å²) in [6.07, 6.45) is 0.969. The highest BCUT2D eigenvalue weighted by atomic mass is 32.2. The first kappa shape index (κ1) is 19.8. The number of benzene rings is 1. The van der Waals surface area contributed by atoms with Gasteiger partial charge in [-0.05, 0) is 25.3 Å². The van der Waals surface area contributed by atoms with Crippen molar-refractivity contribution in [3.05, 3.63) is 35.4 Å². The standard InChI is InChI=1S/C19H27N3O4S/c1-14-3-2-4-15(11-14)13-22-8-7-20-19(24)17(22)12-18(23)21-16-5-9-27(25,26)10-6-16/h2-4,11,16-17H,5-10,12-13H2,1H3,(H,20,24)(H,21,23)/t17-/m1/s1. The van der Waals surface area contributed by atoms with Crippen LogP contribution in [0.3, 0.4) is 0 Å². The van der Waals surface area contributed by atoms with E-state index in [2.05, 4.69) is 16.7 Å². The molecule has 1 atom stereocenters. The maximum absolute atomic E-state index is 12.5. The van der Waals surface area contributed by atoms with E-state index in [1.165, 1.54) is 0 Å². The number of nitrogens with one attached hydrogen (secondary N) is 2. The fourth-order valence-corrected chi connectivity index (χ4v) is 5.21. The second-order valence-electron chi connectivity index (χ2n) is 7.46. The molecule has 3 rings (SSSR count). The van der Waals surface area contributed by atoms with Crippen molar-refractivity contribution in [3.8, 4) is 0 Å². The van der Waals surface area contributed by atoms with Gasteiger partial charge in [0.15, 0.2) is 0 Å². The maximum Gasteiger partial charge on any atom is 0.237 e. The largest absolute Gasteiger partial charge is 0.353 e. The Bertz CT molecular complexity index is 795. The number of piperazine rings is 1. The number of hydrogen-bond donors (Lipinski definition) is 2. The zero-order chi connectivity index (χ0) is 19.4. The van der Waals surface area contributed by atoms with Gasteiger partial charge in [-0.25, -0.2) is 8.42 Å². The molecule has 0 bridgehead atoms. The molecule has 0 unspecified atom stereocenters. The van der Waals surface area contributed by atoms with Gasteiger partial charge in [-0.1, -0.05) is 29.8 Å². The Morgan fingerprint density at radius 3 is 2.74 bits per heavy atom. The summed E-state index contributed by atoms with van der Waals surface area (Å²) in [5.41, 5.74) is 2.28. The molecule has 2 saturated heterocycles. The number of carbonyl (C=O) groups is 2. The van der Waals surface area contributed by atoms with E-state index in [9.17, 15) is 18.0 Å². The minimum atomic E-state index is -2.96. The quantitative estimate of drug-likeness (QED) is 0.754. The highest BCUT2D eigenvalue weighted by Gasteiger charge is 2.32. The molecule has 0 aliphatic carbocycles. The SMILES string of the molecule is Cc1cccc(CN2CCNC(=O)[C@H]2CC(=O)NC2CCS(=O)(=O)CC2)c1. The second-order valence-corrected chi connectivity index (χ2v) is 9.77. The third kappa shape index (κ3) is 5.52. The van der Waals surface area contributed by atoms with E-state index < -0.39 is 15.9 Å². The first-order valence-electron chi connectivity index (χ1n) is 9.39. The summed E-state index contributed by atoms with van der Waals surface area (Å²) in [4.78, 5) is 26.9. The summed E-state index contributed by atoms with van der Waals surface area (Å²) >= 11 is 0. The Morgan fingerprint density at radius 2 is 2.04 bits per heavy atom. The normalized spacial score (nSPS) is 23.6. The fraction of sp³-hybridized carbons (Fsp3) is 0.579. The lowest BCUT2D eigenvalue weighted by Gasteiger charge is -2.35. The van der Waals surface area contributed by atoms with Gasteiger partial charge in [-0.3, -0.25) is 14.5 Å². The van der Waals surface area contributed by atoms with Crippen LogP contribution in [0, 0.1) is 6.92 Å². The Kier molecular flexibility index (Phi) is 6.16. The lowest BCUT2D eigenvalue weighted by Crippen LogP contribution is -2.56. The van der Waals surface area contributed by atoms with Gasteiger partial charge in [0, 0.05) is 25.7 Å². The minimum Gasteiger partial charge on any atom is -0.353 e. The number of hydrogen-bond acceptors (Lipinski definition) is 5. The predicted molar refractivity (Wildman–Crippen MR) is 103 cm³/mol. The molecular formula is C19H27N3O4S. The van der Waals surface area contributed by atoms with E-state index >= 15 is 0 Å². The topological polar surface area (TPSA) is 95.6 Å². The van der Waals surface area contributed by atoms with Gasteiger partial charge in [0.25, 0.3) is 0 Å². The zero-order valence-electron chi connectivity index (χ0n) is 15.6. The van der Waals surface area contributed by atoms with E-state index in [4.69, 9.17) is 0 Å². The van der Waals surface area contributed by atoms with Gasteiger partial charge in [0.2, 0.25) is 11.8 Å². The van der Waals surface area contributed by atoms with Crippen LogP contribution in [0.4, 0.5) is 0 Å². The van der Waals surface area contributed by atoms with Crippen molar-refractivity contribution in [3.63, 3.8) is 0 Å². The van der Waals surface area contributed by atoms with Gasteiger partial charge >= 0.3 is 0 Å². The zero-order valence-corrected chi connectivity index (χ0v) is 16.4. The van der Waals surface area contributed by atoms with Crippen LogP contribution in [-0.4, -0.2) is 61.8 Å². The van der Waals surface area contributed by atoms with Crippen LogP contribution >= 0.6 is 0 Å². The van der Waals surface area contributed by atoms with Crippen LogP contribution in [0.2, 0.25) is 0 Å². The first-order valence-corrected chi connectivity index (χ1v) is 11.2. The average Bonchev–Trinajstić information content (AvgIpc) is 2.60. The maximum atomic E-state index is 12.5. The summed E-state index contributed by atoms with van der Waals surface area (Å²) in [6.45, 7) is 3.92. The lowest BCUT2D eigenvalue weighted by molar-refractivity contribution is -0.134. The van der Waals surface area contributed by atoms with Crippen molar-refractivity contribution >= 4 is 21.7 Å². The Morgan fingerprint density at radius 1 is 1.30 bits per heavy atom. The smallest absolute Gasteiger partial charge is 0.237 e. The van der Waals surface area contributed by atoms with Crippen LogP contribution in [0.15, 0.2) is 24.3 Å². The van der Waals surface area contributed by atoms with Crippen LogP contribution < -0.4 is 10.6 Å². The van der Waals surface area contributed by atoms with Crippen LogP contribution in [0.5, 0.6) is 0 Å². The van der Waals surface area contributed by atoms with Crippen molar-refractivity contribution in [2.75, 3.05) is 24.6 Å². The molecule has 1 aromatic rings. The monoisotopic (exact) mass is 393 g/mol. The molecule has 1 aromatic carbocycles. The minimum absolute atomic E-state index is 0.0842. The number of aryl methyl sites for hydroxylation is 1. The number of carbonyl (C=O) groups excluding carboxylic acids is 2. The Labute approximate surface area is 160 Å². The summed E-state index contributed by atoms with van der Waals surface area (Å²) in [7, 11) is -2.96. The number of sulfone groups is 1. The van der Waals surface area contributed by atoms with Gasteiger partial charge in [-0.15, -0.1) is 0 Å². The van der Waals surface area contributed by atoms with Crippen molar-refractivity contribution in [1.82, 2.24) is 15.5 Å². The molecule has 8 heteroatoms. The Hall–Kier alpha value is -1.93. The third-order valence-electron chi connectivity index (χ3n) is 5.21. The summed E-state index contributed by atoms with van der Waals surface area (Å²) in [6, 6.07) is 7.50. The molecule has 2 N–H and O–H groups in total. The van der Waals surface area contributed by atoms with Crippen molar-refractivity contribution < 1.29 is 18.0 Å². The molecule has 7 nitrogen and oxygen atoms in total. The lowest BCUT2D eigenvalue weighted by atomic mass is 10.0. The van der Waals surface area contributed by atoms with Crippen LogP contribution in [0.25, 0.3) is 0 Å². The molecule has 27 heavy (non-hydrogen) atoms. The molecule has 2 aliphatic heterocycles. The third-order valence-corrected chi connectivity index (χ3v) is 6.92. The number of amides is 2. The number of nitrogens with zero attached hydrogens (tertiary/aromatic N) is 1. The van der Waals surface area contributed by atoms with Gasteiger partial charge < -0.3 is 10.6 Å². The molecule has 2 amide bonds. The number of rotatable bonds is 5. The highest BCUT2D eigenvalue weighted by molar-refractivity contribution is 7.91. The molecule has 148 valence electrons. The first-order chi connectivity index (χ1) is 12.8. The molecule has 2 aliphatic rings. The average molecular weight is 394 g/mol. The molecule has 0 saturated carbocycles. The van der Waals surface area contributed by atoms with Crippen molar-refractivity contribution in [2.24, 2.45) is 0 Å². The van der Waals surface area contributed by atoms with Crippen molar-refractivity contribution in [1.29, 1.82) is 0 Å². The second kappa shape index (κ2) is 8.39. The Balaban J connectivity index is 1.59. The summed E-state index contributed by atoms with van der Waals surface area (Å²) in [5, 5.41) is 5.75. The fourth-order valence-electron chi connectivity index (χ4n) is 3.71. The molecular weight excluding hydrogens is 366 g/mol.